The van der Waals surface area contributed by atoms with Crippen LogP contribution in [0.1, 0.15) is 77.4 Å². The molecular weight excluding hydrogens is 306 g/mol. The maximum atomic E-state index is 10.9. The molecule has 23 heavy (non-hydrogen) atoms. The molecule has 2 atom stereocenters. The molecule has 1 aromatic carbocycles. The molecule has 0 aliphatic carbocycles. The Morgan fingerprint density at radius 1 is 0.913 bits per heavy atom. The Hall–Kier alpha value is -0.570. The molecule has 0 saturated heterocycles. The summed E-state index contributed by atoms with van der Waals surface area (Å²) in [7, 11) is 0. The van der Waals surface area contributed by atoms with Gasteiger partial charge in [-0.1, -0.05) is 70.2 Å². The third-order valence-electron chi connectivity index (χ3n) is 4.56. The van der Waals surface area contributed by atoms with E-state index < -0.39 is 6.10 Å². The lowest BCUT2D eigenvalue weighted by Crippen LogP contribution is -2.40. The summed E-state index contributed by atoms with van der Waals surface area (Å²) < 4.78 is 0. The highest BCUT2D eigenvalue weighted by molar-refractivity contribution is 6.30. The third kappa shape index (κ3) is 7.24. The van der Waals surface area contributed by atoms with Crippen LogP contribution in [0.25, 0.3) is 0 Å². The summed E-state index contributed by atoms with van der Waals surface area (Å²) >= 11 is 5.97. The topological polar surface area (TPSA) is 23.5 Å². The van der Waals surface area contributed by atoms with Crippen LogP contribution in [0.15, 0.2) is 24.3 Å². The van der Waals surface area contributed by atoms with Crippen LogP contribution in [0.2, 0.25) is 5.02 Å². The molecule has 0 aliphatic rings. The number of unbranched alkanes of at least 4 members (excludes halogenated alkanes) is 4. The van der Waals surface area contributed by atoms with Crippen molar-refractivity contribution in [2.24, 2.45) is 0 Å². The van der Waals surface area contributed by atoms with Crippen molar-refractivity contribution in [2.45, 2.75) is 77.9 Å². The molecule has 1 aromatic rings. The number of aliphatic hydroxyl groups is 1. The lowest BCUT2D eigenvalue weighted by Gasteiger charge is -2.34. The van der Waals surface area contributed by atoms with Gasteiger partial charge in [-0.15, -0.1) is 0 Å². The van der Waals surface area contributed by atoms with Crippen LogP contribution in [0.3, 0.4) is 0 Å². The average Bonchev–Trinajstić information content (AvgIpc) is 2.56. The SMILES string of the molecule is CCCCCN(CCCCC)C(CC)C(O)c1ccc(Cl)cc1. The first-order chi connectivity index (χ1) is 11.1. The van der Waals surface area contributed by atoms with E-state index in [0.29, 0.717) is 0 Å². The van der Waals surface area contributed by atoms with Crippen molar-refractivity contribution in [1.29, 1.82) is 0 Å². The Morgan fingerprint density at radius 2 is 1.43 bits per heavy atom. The second-order valence-corrected chi connectivity index (χ2v) is 6.86. The number of halogens is 1. The van der Waals surface area contributed by atoms with Gasteiger partial charge in [-0.2, -0.15) is 0 Å². The fourth-order valence-corrected chi connectivity index (χ4v) is 3.26. The van der Waals surface area contributed by atoms with E-state index in [4.69, 9.17) is 11.6 Å². The lowest BCUT2D eigenvalue weighted by molar-refractivity contribution is 0.0433. The maximum Gasteiger partial charge on any atom is 0.0945 e. The largest absolute Gasteiger partial charge is 0.387 e. The molecule has 3 heteroatoms. The van der Waals surface area contributed by atoms with Gasteiger partial charge in [0.25, 0.3) is 0 Å². The highest BCUT2D eigenvalue weighted by Crippen LogP contribution is 2.25. The molecule has 1 rings (SSSR count). The molecule has 0 aromatic heterocycles. The van der Waals surface area contributed by atoms with Gasteiger partial charge in [0.15, 0.2) is 0 Å². The average molecular weight is 340 g/mol. The normalized spacial score (nSPS) is 14.2. The molecule has 0 saturated carbocycles. The molecule has 0 spiro atoms. The molecule has 0 heterocycles. The minimum Gasteiger partial charge on any atom is -0.387 e. The zero-order chi connectivity index (χ0) is 17.1. The van der Waals surface area contributed by atoms with Crippen molar-refractivity contribution in [3.63, 3.8) is 0 Å². The molecule has 2 nitrogen and oxygen atoms in total. The van der Waals surface area contributed by atoms with Crippen molar-refractivity contribution in [2.75, 3.05) is 13.1 Å². The molecule has 2 unspecified atom stereocenters. The molecular formula is C20H34ClNO. The first-order valence-electron chi connectivity index (χ1n) is 9.31. The highest BCUT2D eigenvalue weighted by Gasteiger charge is 2.25. The van der Waals surface area contributed by atoms with Crippen molar-refractivity contribution in [3.8, 4) is 0 Å². The second-order valence-electron chi connectivity index (χ2n) is 6.42. The molecule has 132 valence electrons. The zero-order valence-electron chi connectivity index (χ0n) is 15.1. The number of nitrogens with zero attached hydrogens (tertiary/aromatic N) is 1. The molecule has 0 radical (unpaired) electrons. The molecule has 0 aliphatic heterocycles. The Bertz CT molecular complexity index is 397. The summed E-state index contributed by atoms with van der Waals surface area (Å²) in [5, 5.41) is 11.6. The van der Waals surface area contributed by atoms with Crippen LogP contribution >= 0.6 is 11.6 Å². The van der Waals surface area contributed by atoms with Crippen LogP contribution in [0, 0.1) is 0 Å². The van der Waals surface area contributed by atoms with E-state index in [1.165, 1.54) is 38.5 Å². The summed E-state index contributed by atoms with van der Waals surface area (Å²) in [5.41, 5.74) is 0.970. The third-order valence-corrected chi connectivity index (χ3v) is 4.81. The van der Waals surface area contributed by atoms with E-state index in [2.05, 4.69) is 25.7 Å². The minimum absolute atomic E-state index is 0.185. The summed E-state index contributed by atoms with van der Waals surface area (Å²) in [6.45, 7) is 8.82. The van der Waals surface area contributed by atoms with Gasteiger partial charge in [0.1, 0.15) is 0 Å². The van der Waals surface area contributed by atoms with Crippen LogP contribution in [0.4, 0.5) is 0 Å². The maximum absolute atomic E-state index is 10.9. The van der Waals surface area contributed by atoms with Crippen LogP contribution in [0.5, 0.6) is 0 Å². The predicted octanol–water partition coefficient (Wildman–Crippen LogP) is 5.83. The summed E-state index contributed by atoms with van der Waals surface area (Å²) in [4.78, 5) is 2.50. The summed E-state index contributed by atoms with van der Waals surface area (Å²) in [6, 6.07) is 7.82. The lowest BCUT2D eigenvalue weighted by atomic mass is 9.98. The number of hydrogen-bond acceptors (Lipinski definition) is 2. The van der Waals surface area contributed by atoms with Gasteiger partial charge in [0.05, 0.1) is 6.10 Å². The van der Waals surface area contributed by atoms with Gasteiger partial charge in [-0.25, -0.2) is 0 Å². The van der Waals surface area contributed by atoms with E-state index in [-0.39, 0.29) is 6.04 Å². The van der Waals surface area contributed by atoms with Gasteiger partial charge < -0.3 is 5.11 Å². The summed E-state index contributed by atoms with van der Waals surface area (Å²) in [6.07, 6.45) is 7.94. The predicted molar refractivity (Wildman–Crippen MR) is 101 cm³/mol. The quantitative estimate of drug-likeness (QED) is 0.484. The van der Waals surface area contributed by atoms with E-state index in [1.807, 2.05) is 24.3 Å². The molecule has 0 fully saturated rings. The van der Waals surface area contributed by atoms with Crippen molar-refractivity contribution in [3.05, 3.63) is 34.9 Å². The summed E-state index contributed by atoms with van der Waals surface area (Å²) in [5.74, 6) is 0. The number of aliphatic hydroxyl groups excluding tert-OH is 1. The highest BCUT2D eigenvalue weighted by atomic mass is 35.5. The number of benzene rings is 1. The Balaban J connectivity index is 2.77. The van der Waals surface area contributed by atoms with Gasteiger partial charge in [-0.3, -0.25) is 4.90 Å². The van der Waals surface area contributed by atoms with Crippen LogP contribution in [-0.2, 0) is 0 Å². The van der Waals surface area contributed by atoms with Crippen molar-refractivity contribution < 1.29 is 5.11 Å². The number of rotatable bonds is 12. The fourth-order valence-electron chi connectivity index (χ4n) is 3.14. The fraction of sp³-hybridized carbons (Fsp3) is 0.700. The Labute approximate surface area is 147 Å². The van der Waals surface area contributed by atoms with Gasteiger partial charge in [-0.05, 0) is 50.0 Å². The van der Waals surface area contributed by atoms with Crippen LogP contribution in [-0.4, -0.2) is 29.1 Å². The Kier molecular flexibility index (Phi) is 10.6. The minimum atomic E-state index is -0.444. The Morgan fingerprint density at radius 3 is 1.87 bits per heavy atom. The number of hydrogen-bond donors (Lipinski definition) is 1. The van der Waals surface area contributed by atoms with Gasteiger partial charge >= 0.3 is 0 Å². The molecule has 1 N–H and O–H groups in total. The second kappa shape index (κ2) is 11.9. The molecule has 0 bridgehead atoms. The van der Waals surface area contributed by atoms with Crippen LogP contribution < -0.4 is 0 Å². The first kappa shape index (κ1) is 20.5. The van der Waals surface area contributed by atoms with Crippen molar-refractivity contribution in [1.82, 2.24) is 4.90 Å². The van der Waals surface area contributed by atoms with Gasteiger partial charge in [0, 0.05) is 11.1 Å². The van der Waals surface area contributed by atoms with E-state index in [1.54, 1.807) is 0 Å². The standard InChI is InChI=1S/C20H34ClNO/c1-4-7-9-15-22(16-10-8-5-2)19(6-3)20(23)17-11-13-18(21)14-12-17/h11-14,19-20,23H,4-10,15-16H2,1-3H3. The zero-order valence-corrected chi connectivity index (χ0v) is 15.9. The van der Waals surface area contributed by atoms with Gasteiger partial charge in [0.2, 0.25) is 0 Å². The smallest absolute Gasteiger partial charge is 0.0945 e. The van der Waals surface area contributed by atoms with E-state index in [9.17, 15) is 5.11 Å². The monoisotopic (exact) mass is 339 g/mol. The molecule has 0 amide bonds. The first-order valence-corrected chi connectivity index (χ1v) is 9.69. The van der Waals surface area contributed by atoms with Crippen molar-refractivity contribution >= 4 is 11.6 Å². The van der Waals surface area contributed by atoms with E-state index >= 15 is 0 Å². The van der Waals surface area contributed by atoms with E-state index in [0.717, 1.165) is 30.1 Å².